The number of carbonyl (C=O) groups excluding carboxylic acids is 6. The number of hydrogen-bond acceptors (Lipinski definition) is 10. The van der Waals surface area contributed by atoms with Gasteiger partial charge in [0, 0.05) is 48.4 Å². The zero-order chi connectivity index (χ0) is 30.6. The lowest BCUT2D eigenvalue weighted by atomic mass is 10.1. The molecule has 2 aliphatic rings. The summed E-state index contributed by atoms with van der Waals surface area (Å²) in [5.41, 5.74) is 2.07. The Kier molecular flexibility index (Phi) is 10.0. The number of hydrogen-bond donors (Lipinski definition) is 2. The van der Waals surface area contributed by atoms with Crippen molar-refractivity contribution >= 4 is 103 Å². The van der Waals surface area contributed by atoms with Gasteiger partial charge in [0.15, 0.2) is 11.6 Å². The second-order valence-corrected chi connectivity index (χ2v) is 12.5. The fraction of sp³-hybridized carbons (Fsp3) is 0.214. The van der Waals surface area contributed by atoms with Crippen molar-refractivity contribution in [2.45, 2.75) is 26.7 Å². The van der Waals surface area contributed by atoms with Gasteiger partial charge in [0.1, 0.15) is 8.64 Å². The van der Waals surface area contributed by atoms with Crippen LogP contribution in [-0.2, 0) is 19.2 Å². The summed E-state index contributed by atoms with van der Waals surface area (Å²) in [6.45, 7) is 2.93. The van der Waals surface area contributed by atoms with Gasteiger partial charge in [0.25, 0.3) is 11.8 Å². The number of Topliss-reactive ketones (excluding diaryl/α,β-unsaturated/α-hetero) is 2. The summed E-state index contributed by atoms with van der Waals surface area (Å²) < 4.78 is 0.433. The number of rotatable bonds is 10. The van der Waals surface area contributed by atoms with Crippen LogP contribution in [0.3, 0.4) is 0 Å². The van der Waals surface area contributed by atoms with Crippen molar-refractivity contribution < 1.29 is 28.8 Å². The standard InChI is InChI=1S/C28H24N4O6S4/c1-15(33)17-3-7-19(8-4-17)29-21(35)11-13-31-25(37)23(41-27(31)39)24-26(38)32(28(40)42-24)14-12-22(36)30-20-9-5-18(6-10-20)16(2)34/h3-10H,11-14H2,1-2H3,(H,29,35)(H,30,36)/b24-23+. The van der Waals surface area contributed by atoms with Gasteiger partial charge in [0.2, 0.25) is 11.8 Å². The van der Waals surface area contributed by atoms with E-state index < -0.39 is 11.8 Å². The van der Waals surface area contributed by atoms with Crippen LogP contribution in [0.1, 0.15) is 47.4 Å². The molecule has 0 aliphatic carbocycles. The number of benzene rings is 2. The fourth-order valence-electron chi connectivity index (χ4n) is 3.91. The van der Waals surface area contributed by atoms with Crippen LogP contribution >= 0.6 is 48.0 Å². The molecule has 10 nitrogen and oxygen atoms in total. The lowest BCUT2D eigenvalue weighted by Gasteiger charge is -2.15. The van der Waals surface area contributed by atoms with Crippen molar-refractivity contribution in [2.75, 3.05) is 23.7 Å². The Labute approximate surface area is 260 Å². The molecule has 0 bridgehead atoms. The molecule has 2 heterocycles. The Bertz CT molecular complexity index is 1440. The molecule has 2 fully saturated rings. The predicted octanol–water partition coefficient (Wildman–Crippen LogP) is 4.38. The average Bonchev–Trinajstić information content (AvgIpc) is 3.39. The maximum atomic E-state index is 13.2. The molecule has 2 N–H and O–H groups in total. The Balaban J connectivity index is 1.32. The maximum absolute atomic E-state index is 13.2. The molecule has 2 aromatic rings. The van der Waals surface area contributed by atoms with E-state index >= 15 is 0 Å². The molecule has 0 aromatic heterocycles. The summed E-state index contributed by atoms with van der Waals surface area (Å²) in [5.74, 6) is -1.85. The largest absolute Gasteiger partial charge is 0.326 e. The molecule has 2 saturated heterocycles. The zero-order valence-corrected chi connectivity index (χ0v) is 25.7. The summed E-state index contributed by atoms with van der Waals surface area (Å²) >= 11 is 12.6. The van der Waals surface area contributed by atoms with Gasteiger partial charge < -0.3 is 10.6 Å². The van der Waals surface area contributed by atoms with E-state index in [1.165, 1.54) is 23.6 Å². The third-order valence-electron chi connectivity index (χ3n) is 6.18. The first-order chi connectivity index (χ1) is 19.9. The topological polar surface area (TPSA) is 133 Å². The van der Waals surface area contributed by atoms with Crippen molar-refractivity contribution in [1.29, 1.82) is 0 Å². The summed E-state index contributed by atoms with van der Waals surface area (Å²) in [4.78, 5) is 76.9. The maximum Gasteiger partial charge on any atom is 0.267 e. The molecule has 0 radical (unpaired) electrons. The van der Waals surface area contributed by atoms with Crippen molar-refractivity contribution in [3.05, 3.63) is 69.5 Å². The van der Waals surface area contributed by atoms with Crippen LogP contribution in [0.2, 0.25) is 0 Å². The lowest BCUT2D eigenvalue weighted by molar-refractivity contribution is -0.125. The van der Waals surface area contributed by atoms with Crippen molar-refractivity contribution in [3.8, 4) is 0 Å². The van der Waals surface area contributed by atoms with Gasteiger partial charge >= 0.3 is 0 Å². The second-order valence-electron chi connectivity index (χ2n) is 9.17. The summed E-state index contributed by atoms with van der Waals surface area (Å²) in [6, 6.07) is 12.9. The number of carbonyl (C=O) groups is 6. The van der Waals surface area contributed by atoms with Crippen LogP contribution in [0.4, 0.5) is 11.4 Å². The molecular weight excluding hydrogens is 617 g/mol. The first-order valence-electron chi connectivity index (χ1n) is 12.6. The van der Waals surface area contributed by atoms with E-state index in [0.717, 1.165) is 23.5 Å². The number of thioether (sulfide) groups is 2. The first kappa shape index (κ1) is 31.2. The number of nitrogens with one attached hydrogen (secondary N) is 2. The third kappa shape index (κ3) is 7.37. The van der Waals surface area contributed by atoms with E-state index in [9.17, 15) is 28.8 Å². The Hall–Kier alpha value is -3.72. The highest BCUT2D eigenvalue weighted by Gasteiger charge is 2.42. The number of amides is 4. The highest BCUT2D eigenvalue weighted by Crippen LogP contribution is 2.42. The zero-order valence-electron chi connectivity index (χ0n) is 22.4. The highest BCUT2D eigenvalue weighted by molar-refractivity contribution is 8.29. The van der Waals surface area contributed by atoms with Gasteiger partial charge in [-0.3, -0.25) is 38.6 Å². The SMILES string of the molecule is CC(=O)c1ccc(NC(=O)CCN2C(=O)/C(=C3\SC(=S)N(CCC(=O)Nc4ccc(C(C)=O)cc4)C3=O)SC2=S)cc1. The molecule has 216 valence electrons. The van der Waals surface area contributed by atoms with Crippen molar-refractivity contribution in [3.63, 3.8) is 0 Å². The quantitative estimate of drug-likeness (QED) is 0.219. The van der Waals surface area contributed by atoms with Gasteiger partial charge in [0.05, 0.1) is 9.81 Å². The van der Waals surface area contributed by atoms with Gasteiger partial charge in [-0.2, -0.15) is 0 Å². The van der Waals surface area contributed by atoms with E-state index in [-0.39, 0.29) is 67.8 Å². The highest BCUT2D eigenvalue weighted by atomic mass is 32.2. The summed E-state index contributed by atoms with van der Waals surface area (Å²) in [7, 11) is 0. The minimum atomic E-state index is -0.490. The molecule has 14 heteroatoms. The number of anilines is 2. The smallest absolute Gasteiger partial charge is 0.267 e. The Morgan fingerprint density at radius 1 is 0.643 bits per heavy atom. The Morgan fingerprint density at radius 3 is 1.29 bits per heavy atom. The molecular formula is C28H24N4O6S4. The molecule has 0 saturated carbocycles. The van der Waals surface area contributed by atoms with Crippen LogP contribution in [0, 0.1) is 0 Å². The van der Waals surface area contributed by atoms with Gasteiger partial charge in [-0.25, -0.2) is 0 Å². The molecule has 0 atom stereocenters. The molecule has 2 aliphatic heterocycles. The van der Waals surface area contributed by atoms with E-state index in [4.69, 9.17) is 24.4 Å². The van der Waals surface area contributed by atoms with Crippen LogP contribution in [0.15, 0.2) is 58.3 Å². The number of thiocarbonyl (C=S) groups is 2. The summed E-state index contributed by atoms with van der Waals surface area (Å²) in [6.07, 6.45) is -0.0799. The van der Waals surface area contributed by atoms with Crippen molar-refractivity contribution in [2.24, 2.45) is 0 Å². The molecule has 42 heavy (non-hydrogen) atoms. The van der Waals surface area contributed by atoms with Gasteiger partial charge in [-0.15, -0.1) is 0 Å². The van der Waals surface area contributed by atoms with E-state index in [2.05, 4.69) is 10.6 Å². The second kappa shape index (κ2) is 13.5. The number of ketones is 2. The monoisotopic (exact) mass is 640 g/mol. The lowest BCUT2D eigenvalue weighted by Crippen LogP contribution is -2.33. The Morgan fingerprint density at radius 2 is 0.976 bits per heavy atom. The first-order valence-corrected chi connectivity index (χ1v) is 15.0. The summed E-state index contributed by atoms with van der Waals surface area (Å²) in [5, 5.41) is 5.43. The van der Waals surface area contributed by atoms with E-state index in [1.807, 2.05) is 0 Å². The third-order valence-corrected chi connectivity index (χ3v) is 9.21. The minimum Gasteiger partial charge on any atom is -0.326 e. The molecule has 2 aromatic carbocycles. The van der Waals surface area contributed by atoms with Crippen LogP contribution < -0.4 is 10.6 Å². The van der Waals surface area contributed by atoms with Crippen molar-refractivity contribution in [1.82, 2.24) is 9.80 Å². The van der Waals surface area contributed by atoms with E-state index in [0.29, 0.717) is 22.5 Å². The van der Waals surface area contributed by atoms with Crippen LogP contribution in [0.25, 0.3) is 0 Å². The van der Waals surface area contributed by atoms with Gasteiger partial charge in [-0.1, -0.05) is 48.0 Å². The molecule has 0 spiro atoms. The normalized spacial score (nSPS) is 16.7. The molecule has 4 amide bonds. The predicted molar refractivity (Wildman–Crippen MR) is 170 cm³/mol. The fourth-order valence-corrected chi connectivity index (χ4v) is 6.68. The molecule has 0 unspecified atom stereocenters. The van der Waals surface area contributed by atoms with E-state index in [1.54, 1.807) is 48.5 Å². The van der Waals surface area contributed by atoms with Crippen LogP contribution in [0.5, 0.6) is 0 Å². The average molecular weight is 641 g/mol. The molecule has 4 rings (SSSR count). The van der Waals surface area contributed by atoms with Crippen LogP contribution in [-0.4, -0.2) is 66.7 Å². The van der Waals surface area contributed by atoms with Gasteiger partial charge in [-0.05, 0) is 62.4 Å². The number of nitrogens with zero attached hydrogens (tertiary/aromatic N) is 2. The minimum absolute atomic E-state index is 0.0133.